The third-order valence-corrected chi connectivity index (χ3v) is 4.49. The van der Waals surface area contributed by atoms with Crippen LogP contribution in [0.1, 0.15) is 18.5 Å². The van der Waals surface area contributed by atoms with Gasteiger partial charge in [-0.2, -0.15) is 10.4 Å². The molecule has 154 valence electrons. The van der Waals surface area contributed by atoms with Crippen LogP contribution in [-0.4, -0.2) is 57.8 Å². The number of hydrogen-bond donors (Lipinski definition) is 1. The highest BCUT2D eigenvalue weighted by atomic mass is 16.5. The fourth-order valence-electron chi connectivity index (χ4n) is 2.87. The Morgan fingerprint density at radius 3 is 2.77 bits per heavy atom. The average molecular weight is 407 g/mol. The molecule has 1 aliphatic rings. The summed E-state index contributed by atoms with van der Waals surface area (Å²) >= 11 is 0. The maximum Gasteiger partial charge on any atom is 0.232 e. The number of nitrogens with zero attached hydrogens (tertiary/aromatic N) is 6. The first-order chi connectivity index (χ1) is 14.7. The van der Waals surface area contributed by atoms with Gasteiger partial charge in [0.2, 0.25) is 11.8 Å². The van der Waals surface area contributed by atoms with E-state index in [9.17, 15) is 5.26 Å². The van der Waals surface area contributed by atoms with Gasteiger partial charge in [-0.1, -0.05) is 0 Å². The summed E-state index contributed by atoms with van der Waals surface area (Å²) in [6.07, 6.45) is 6.71. The van der Waals surface area contributed by atoms with E-state index < -0.39 is 0 Å². The van der Waals surface area contributed by atoms with Crippen LogP contribution in [0, 0.1) is 11.3 Å². The van der Waals surface area contributed by atoms with Gasteiger partial charge in [0.05, 0.1) is 43.4 Å². The minimum atomic E-state index is -0.236. The van der Waals surface area contributed by atoms with Gasteiger partial charge in [0, 0.05) is 31.3 Å². The van der Waals surface area contributed by atoms with Crippen molar-refractivity contribution >= 4 is 11.6 Å². The molecule has 0 saturated carbocycles. The van der Waals surface area contributed by atoms with Crippen molar-refractivity contribution < 1.29 is 14.2 Å². The quantitative estimate of drug-likeness (QED) is 0.600. The fourth-order valence-corrected chi connectivity index (χ4v) is 2.87. The molecule has 0 bridgehead atoms. The molecule has 0 aromatic carbocycles. The van der Waals surface area contributed by atoms with Crippen molar-refractivity contribution in [3.63, 3.8) is 0 Å². The molecule has 1 fully saturated rings. The van der Waals surface area contributed by atoms with E-state index in [2.05, 4.69) is 31.4 Å². The number of anilines is 2. The molecule has 0 amide bonds. The third kappa shape index (κ3) is 4.37. The summed E-state index contributed by atoms with van der Waals surface area (Å²) < 4.78 is 17.9. The minimum Gasteiger partial charge on any atom is -0.471 e. The summed E-state index contributed by atoms with van der Waals surface area (Å²) in [5.74, 6) is 0.705. The Balaban J connectivity index is 1.48. The van der Waals surface area contributed by atoms with Crippen molar-refractivity contribution in [2.75, 3.05) is 32.2 Å². The van der Waals surface area contributed by atoms with E-state index >= 15 is 0 Å². The highest BCUT2D eigenvalue weighted by molar-refractivity contribution is 5.61. The second-order valence-electron chi connectivity index (χ2n) is 6.87. The van der Waals surface area contributed by atoms with Gasteiger partial charge in [-0.05, 0) is 19.1 Å². The highest BCUT2D eigenvalue weighted by Gasteiger charge is 2.21. The molecule has 1 N–H and O–H groups in total. The molecule has 4 heterocycles. The number of aromatic nitrogens is 5. The number of ether oxygens (including phenoxy) is 3. The Hall–Kier alpha value is -3.55. The molecule has 10 heteroatoms. The van der Waals surface area contributed by atoms with Gasteiger partial charge in [-0.15, -0.1) is 0 Å². The van der Waals surface area contributed by atoms with Gasteiger partial charge >= 0.3 is 0 Å². The number of nitriles is 1. The van der Waals surface area contributed by atoms with Crippen LogP contribution in [0.4, 0.5) is 11.6 Å². The summed E-state index contributed by atoms with van der Waals surface area (Å²) in [7, 11) is 1.59. The maximum absolute atomic E-state index is 9.31. The fraction of sp³-hybridized carbons (Fsp3) is 0.350. The smallest absolute Gasteiger partial charge is 0.232 e. The van der Waals surface area contributed by atoms with Crippen molar-refractivity contribution in [3.8, 4) is 23.2 Å². The monoisotopic (exact) mass is 407 g/mol. The van der Waals surface area contributed by atoms with E-state index in [1.165, 1.54) is 0 Å². The van der Waals surface area contributed by atoms with Crippen LogP contribution in [0.25, 0.3) is 11.3 Å². The molecule has 1 unspecified atom stereocenters. The zero-order valence-corrected chi connectivity index (χ0v) is 16.6. The standard InChI is InChI=1S/C20H21N7O3/c1-13(10-28-2)30-19-14(5-21)3-4-18(26-19)15-6-22-20(23-7-15)25-16-8-24-27(9-16)17-11-29-12-17/h3-4,6-9,13,17H,10-12H2,1-2H3,(H,22,23,25). The molecular formula is C20H21N7O3. The first kappa shape index (κ1) is 19.8. The van der Waals surface area contributed by atoms with Crippen LogP contribution in [-0.2, 0) is 9.47 Å². The third-order valence-electron chi connectivity index (χ3n) is 4.49. The number of nitrogens with one attached hydrogen (secondary N) is 1. The highest BCUT2D eigenvalue weighted by Crippen LogP contribution is 2.24. The summed E-state index contributed by atoms with van der Waals surface area (Å²) in [6, 6.07) is 5.79. The van der Waals surface area contributed by atoms with Crippen molar-refractivity contribution in [1.82, 2.24) is 24.7 Å². The van der Waals surface area contributed by atoms with E-state index in [1.54, 1.807) is 37.8 Å². The van der Waals surface area contributed by atoms with Gasteiger partial charge in [-0.25, -0.2) is 15.0 Å². The van der Waals surface area contributed by atoms with Crippen LogP contribution >= 0.6 is 0 Å². The SMILES string of the molecule is COCC(C)Oc1nc(-c2cnc(Nc3cnn(C4COC4)c3)nc2)ccc1C#N. The molecule has 1 aliphatic heterocycles. The Labute approximate surface area is 173 Å². The second-order valence-corrected chi connectivity index (χ2v) is 6.87. The molecule has 30 heavy (non-hydrogen) atoms. The Morgan fingerprint density at radius 2 is 2.10 bits per heavy atom. The number of pyridine rings is 1. The predicted octanol–water partition coefficient (Wildman–Crippen LogP) is 2.34. The summed E-state index contributed by atoms with van der Waals surface area (Å²) in [5.41, 5.74) is 2.47. The van der Waals surface area contributed by atoms with Crippen LogP contribution in [0.5, 0.6) is 5.88 Å². The molecule has 0 spiro atoms. The molecule has 4 rings (SSSR count). The van der Waals surface area contributed by atoms with Gasteiger partial charge in [-0.3, -0.25) is 4.68 Å². The zero-order valence-electron chi connectivity index (χ0n) is 16.6. The lowest BCUT2D eigenvalue weighted by atomic mass is 10.2. The van der Waals surface area contributed by atoms with Crippen molar-refractivity contribution in [3.05, 3.63) is 42.5 Å². The predicted molar refractivity (Wildman–Crippen MR) is 107 cm³/mol. The molecule has 1 atom stereocenters. The van der Waals surface area contributed by atoms with E-state index in [0.717, 1.165) is 5.69 Å². The van der Waals surface area contributed by atoms with Gasteiger partial charge in [0.15, 0.2) is 0 Å². The number of rotatable bonds is 8. The second kappa shape index (κ2) is 8.86. The first-order valence-electron chi connectivity index (χ1n) is 9.44. The van der Waals surface area contributed by atoms with Crippen LogP contribution in [0.2, 0.25) is 0 Å². The van der Waals surface area contributed by atoms with Crippen molar-refractivity contribution in [2.45, 2.75) is 19.1 Å². The lowest BCUT2D eigenvalue weighted by Gasteiger charge is -2.25. The largest absolute Gasteiger partial charge is 0.471 e. The average Bonchev–Trinajstić information content (AvgIpc) is 3.15. The van der Waals surface area contributed by atoms with Gasteiger partial charge < -0.3 is 19.5 Å². The summed E-state index contributed by atoms with van der Waals surface area (Å²) in [4.78, 5) is 13.2. The van der Waals surface area contributed by atoms with Crippen LogP contribution in [0.15, 0.2) is 36.9 Å². The summed E-state index contributed by atoms with van der Waals surface area (Å²) in [6.45, 7) is 3.60. The molecule has 0 radical (unpaired) electrons. The summed E-state index contributed by atoms with van der Waals surface area (Å²) in [5, 5.41) is 16.8. The molecule has 0 aliphatic carbocycles. The first-order valence-corrected chi connectivity index (χ1v) is 9.44. The molecule has 1 saturated heterocycles. The molecular weight excluding hydrogens is 386 g/mol. The Kier molecular flexibility index (Phi) is 5.83. The number of hydrogen-bond acceptors (Lipinski definition) is 9. The number of methoxy groups -OCH3 is 1. The normalized spacial score (nSPS) is 14.6. The van der Waals surface area contributed by atoms with E-state index in [0.29, 0.717) is 42.6 Å². The Bertz CT molecular complexity index is 1040. The lowest BCUT2D eigenvalue weighted by Crippen LogP contribution is -2.30. The van der Waals surface area contributed by atoms with Crippen molar-refractivity contribution in [1.29, 1.82) is 5.26 Å². The van der Waals surface area contributed by atoms with Crippen LogP contribution < -0.4 is 10.1 Å². The molecule has 3 aromatic heterocycles. The van der Waals surface area contributed by atoms with E-state index in [4.69, 9.17) is 14.2 Å². The minimum absolute atomic E-state index is 0.236. The Morgan fingerprint density at radius 1 is 1.30 bits per heavy atom. The molecule has 10 nitrogen and oxygen atoms in total. The topological polar surface area (TPSA) is 120 Å². The molecule has 3 aromatic rings. The van der Waals surface area contributed by atoms with E-state index in [-0.39, 0.29) is 18.0 Å². The van der Waals surface area contributed by atoms with Gasteiger partial charge in [0.25, 0.3) is 0 Å². The maximum atomic E-state index is 9.31. The zero-order chi connectivity index (χ0) is 20.9. The van der Waals surface area contributed by atoms with Crippen LogP contribution in [0.3, 0.4) is 0 Å². The van der Waals surface area contributed by atoms with Crippen molar-refractivity contribution in [2.24, 2.45) is 0 Å². The van der Waals surface area contributed by atoms with E-state index in [1.807, 2.05) is 17.8 Å². The lowest BCUT2D eigenvalue weighted by molar-refractivity contribution is -0.0286. The van der Waals surface area contributed by atoms with Gasteiger partial charge in [0.1, 0.15) is 17.7 Å².